The molecule has 3 heteroatoms. The van der Waals surface area contributed by atoms with Gasteiger partial charge in [0.05, 0.1) is 6.61 Å². The van der Waals surface area contributed by atoms with Crippen molar-refractivity contribution in [2.24, 2.45) is 5.73 Å². The molecule has 1 aliphatic carbocycles. The van der Waals surface area contributed by atoms with E-state index in [1.807, 2.05) is 0 Å². The minimum atomic E-state index is 0.370. The fourth-order valence-corrected chi connectivity index (χ4v) is 2.38. The molecule has 0 aromatic carbocycles. The molecule has 0 amide bonds. The van der Waals surface area contributed by atoms with Crippen LogP contribution in [0.25, 0.3) is 0 Å². The molecule has 1 rings (SSSR count). The zero-order valence-corrected chi connectivity index (χ0v) is 9.70. The highest BCUT2D eigenvalue weighted by Gasteiger charge is 2.30. The maximum Gasteiger partial charge on any atom is 0.0589 e. The summed E-state index contributed by atoms with van der Waals surface area (Å²) >= 11 is 0. The van der Waals surface area contributed by atoms with Crippen LogP contribution in [-0.4, -0.2) is 43.3 Å². The average molecular weight is 200 g/mol. The van der Waals surface area contributed by atoms with Gasteiger partial charge in [0.15, 0.2) is 0 Å². The molecule has 0 aliphatic heterocycles. The lowest BCUT2D eigenvalue weighted by atomic mass is 10.1. The Hall–Kier alpha value is -0.120. The summed E-state index contributed by atoms with van der Waals surface area (Å²) in [6, 6.07) is 1.51. The first-order valence-electron chi connectivity index (χ1n) is 5.67. The summed E-state index contributed by atoms with van der Waals surface area (Å²) in [5, 5.41) is 0. The van der Waals surface area contributed by atoms with Crippen LogP contribution >= 0.6 is 0 Å². The molecule has 14 heavy (non-hydrogen) atoms. The summed E-state index contributed by atoms with van der Waals surface area (Å²) in [6.07, 6.45) is 3.71. The van der Waals surface area contributed by atoms with Crippen LogP contribution in [0.3, 0.4) is 0 Å². The highest BCUT2D eigenvalue weighted by molar-refractivity contribution is 4.89. The largest absolute Gasteiger partial charge is 0.383 e. The van der Waals surface area contributed by atoms with Gasteiger partial charge in [-0.1, -0.05) is 6.42 Å². The molecule has 0 bridgehead atoms. The standard InChI is InChI=1S/C11H24N2O/c1-9(2)13(7-8-14-3)11-6-4-5-10(11)12/h9-11H,4-8,12H2,1-3H3. The summed E-state index contributed by atoms with van der Waals surface area (Å²) in [5.41, 5.74) is 6.11. The minimum absolute atomic E-state index is 0.370. The normalized spacial score (nSPS) is 27.9. The highest BCUT2D eigenvalue weighted by Crippen LogP contribution is 2.24. The lowest BCUT2D eigenvalue weighted by molar-refractivity contribution is 0.0915. The Kier molecular flexibility index (Phi) is 4.85. The van der Waals surface area contributed by atoms with E-state index in [-0.39, 0.29) is 0 Å². The van der Waals surface area contributed by atoms with Crippen molar-refractivity contribution < 1.29 is 4.74 Å². The fraction of sp³-hybridized carbons (Fsp3) is 1.00. The Morgan fingerprint density at radius 3 is 2.57 bits per heavy atom. The molecule has 0 radical (unpaired) electrons. The van der Waals surface area contributed by atoms with Crippen LogP contribution in [0.1, 0.15) is 33.1 Å². The van der Waals surface area contributed by atoms with Gasteiger partial charge in [-0.15, -0.1) is 0 Å². The fourth-order valence-electron chi connectivity index (χ4n) is 2.38. The second kappa shape index (κ2) is 5.69. The van der Waals surface area contributed by atoms with Gasteiger partial charge in [-0.25, -0.2) is 0 Å². The maximum absolute atomic E-state index is 6.11. The first kappa shape index (κ1) is 12.0. The molecule has 0 aromatic rings. The zero-order chi connectivity index (χ0) is 10.6. The van der Waals surface area contributed by atoms with Crippen molar-refractivity contribution >= 4 is 0 Å². The number of nitrogens with two attached hydrogens (primary N) is 1. The Morgan fingerprint density at radius 1 is 1.43 bits per heavy atom. The van der Waals surface area contributed by atoms with Gasteiger partial charge < -0.3 is 10.5 Å². The number of methoxy groups -OCH3 is 1. The molecule has 0 spiro atoms. The van der Waals surface area contributed by atoms with Crippen LogP contribution in [0.2, 0.25) is 0 Å². The molecule has 0 heterocycles. The molecule has 3 nitrogen and oxygen atoms in total. The van der Waals surface area contributed by atoms with E-state index in [4.69, 9.17) is 10.5 Å². The molecule has 0 aromatic heterocycles. The van der Waals surface area contributed by atoms with Gasteiger partial charge in [-0.2, -0.15) is 0 Å². The van der Waals surface area contributed by atoms with Crippen molar-refractivity contribution in [3.8, 4) is 0 Å². The van der Waals surface area contributed by atoms with Crippen LogP contribution in [0.4, 0.5) is 0 Å². The van der Waals surface area contributed by atoms with Gasteiger partial charge in [-0.05, 0) is 26.7 Å². The van der Waals surface area contributed by atoms with Gasteiger partial charge in [0.25, 0.3) is 0 Å². The summed E-state index contributed by atoms with van der Waals surface area (Å²) < 4.78 is 5.13. The highest BCUT2D eigenvalue weighted by atomic mass is 16.5. The van der Waals surface area contributed by atoms with E-state index in [9.17, 15) is 0 Å². The number of ether oxygens (including phenoxy) is 1. The zero-order valence-electron chi connectivity index (χ0n) is 9.70. The van der Waals surface area contributed by atoms with Crippen molar-refractivity contribution in [2.75, 3.05) is 20.3 Å². The molecule has 84 valence electrons. The molecule has 0 saturated heterocycles. The molecule has 1 fully saturated rings. The van der Waals surface area contributed by atoms with Gasteiger partial charge in [0, 0.05) is 31.8 Å². The van der Waals surface area contributed by atoms with E-state index < -0.39 is 0 Å². The number of hydrogen-bond acceptors (Lipinski definition) is 3. The molecule has 2 atom stereocenters. The number of rotatable bonds is 5. The average Bonchev–Trinajstić information content (AvgIpc) is 2.52. The summed E-state index contributed by atoms with van der Waals surface area (Å²) in [5.74, 6) is 0. The Bertz CT molecular complexity index is 161. The van der Waals surface area contributed by atoms with Crippen LogP contribution in [0, 0.1) is 0 Å². The van der Waals surface area contributed by atoms with Crippen molar-refractivity contribution in [3.63, 3.8) is 0 Å². The predicted octanol–water partition coefficient (Wildman–Crippen LogP) is 1.22. The van der Waals surface area contributed by atoms with Crippen molar-refractivity contribution in [2.45, 2.75) is 51.2 Å². The van der Waals surface area contributed by atoms with Crippen LogP contribution in [0.15, 0.2) is 0 Å². The third kappa shape index (κ3) is 2.94. The van der Waals surface area contributed by atoms with E-state index in [0.717, 1.165) is 13.2 Å². The summed E-state index contributed by atoms with van der Waals surface area (Å²) in [6.45, 7) is 6.29. The predicted molar refractivity (Wildman–Crippen MR) is 59.3 cm³/mol. The second-order valence-electron chi connectivity index (χ2n) is 4.49. The lowest BCUT2D eigenvalue weighted by Gasteiger charge is -2.34. The van der Waals surface area contributed by atoms with E-state index in [1.54, 1.807) is 7.11 Å². The summed E-state index contributed by atoms with van der Waals surface area (Å²) in [4.78, 5) is 2.49. The molecule has 1 aliphatic rings. The maximum atomic E-state index is 6.11. The van der Waals surface area contributed by atoms with Crippen LogP contribution in [0.5, 0.6) is 0 Å². The van der Waals surface area contributed by atoms with Gasteiger partial charge in [-0.3, -0.25) is 4.90 Å². The molecular formula is C11H24N2O. The van der Waals surface area contributed by atoms with Gasteiger partial charge >= 0.3 is 0 Å². The molecular weight excluding hydrogens is 176 g/mol. The quantitative estimate of drug-likeness (QED) is 0.725. The Balaban J connectivity index is 2.48. The number of nitrogens with zero attached hydrogens (tertiary/aromatic N) is 1. The smallest absolute Gasteiger partial charge is 0.0589 e. The molecule has 2 unspecified atom stereocenters. The Morgan fingerprint density at radius 2 is 2.14 bits per heavy atom. The lowest BCUT2D eigenvalue weighted by Crippen LogP contribution is -2.48. The molecule has 2 N–H and O–H groups in total. The number of hydrogen-bond donors (Lipinski definition) is 1. The van der Waals surface area contributed by atoms with Crippen molar-refractivity contribution in [3.05, 3.63) is 0 Å². The van der Waals surface area contributed by atoms with Crippen LogP contribution in [-0.2, 0) is 4.74 Å². The van der Waals surface area contributed by atoms with E-state index in [2.05, 4.69) is 18.7 Å². The summed E-state index contributed by atoms with van der Waals surface area (Å²) in [7, 11) is 1.76. The monoisotopic (exact) mass is 200 g/mol. The van der Waals surface area contributed by atoms with Gasteiger partial charge in [0.2, 0.25) is 0 Å². The van der Waals surface area contributed by atoms with Crippen molar-refractivity contribution in [1.29, 1.82) is 0 Å². The van der Waals surface area contributed by atoms with E-state index >= 15 is 0 Å². The topological polar surface area (TPSA) is 38.5 Å². The van der Waals surface area contributed by atoms with Crippen molar-refractivity contribution in [1.82, 2.24) is 4.90 Å². The van der Waals surface area contributed by atoms with Gasteiger partial charge in [0.1, 0.15) is 0 Å². The SMILES string of the molecule is COCCN(C(C)C)C1CCCC1N. The first-order chi connectivity index (χ1) is 6.66. The molecule has 1 saturated carbocycles. The second-order valence-corrected chi connectivity index (χ2v) is 4.49. The van der Waals surface area contributed by atoms with Crippen LogP contribution < -0.4 is 5.73 Å². The third-order valence-corrected chi connectivity index (χ3v) is 3.17. The van der Waals surface area contributed by atoms with E-state index in [0.29, 0.717) is 18.1 Å². The van der Waals surface area contributed by atoms with E-state index in [1.165, 1.54) is 19.3 Å². The third-order valence-electron chi connectivity index (χ3n) is 3.17. The first-order valence-corrected chi connectivity index (χ1v) is 5.67. The Labute approximate surface area is 87.6 Å². The minimum Gasteiger partial charge on any atom is -0.383 e.